The van der Waals surface area contributed by atoms with E-state index in [2.05, 4.69) is 77.5 Å². The average Bonchev–Trinajstić information content (AvgIpc) is 2.68. The van der Waals surface area contributed by atoms with Crippen LogP contribution in [-0.2, 0) is 0 Å². The van der Waals surface area contributed by atoms with Gasteiger partial charge in [-0.15, -0.1) is 12.4 Å². The number of pyridine rings is 1. The predicted octanol–water partition coefficient (Wildman–Crippen LogP) is 6.13. The fourth-order valence-corrected chi connectivity index (χ4v) is 3.75. The monoisotopic (exact) mass is 364 g/mol. The van der Waals surface area contributed by atoms with Crippen LogP contribution in [0.15, 0.2) is 54.7 Å². The van der Waals surface area contributed by atoms with Gasteiger partial charge in [0.25, 0.3) is 0 Å². The number of fused-ring (bicyclic) bond motifs is 1. The van der Waals surface area contributed by atoms with Gasteiger partial charge in [0, 0.05) is 25.0 Å². The molecule has 0 bridgehead atoms. The molecule has 1 saturated heterocycles. The van der Waals surface area contributed by atoms with Gasteiger partial charge in [-0.3, -0.25) is 4.98 Å². The van der Waals surface area contributed by atoms with Crippen LogP contribution >= 0.6 is 12.4 Å². The van der Waals surface area contributed by atoms with E-state index in [1.165, 1.54) is 46.8 Å². The summed E-state index contributed by atoms with van der Waals surface area (Å²) in [5.41, 5.74) is 4.92. The maximum Gasteiger partial charge on any atom is 0.0679 e. The van der Waals surface area contributed by atoms with E-state index in [4.69, 9.17) is 0 Å². The molecular formula is C23H25ClN2. The topological polar surface area (TPSA) is 16.1 Å². The molecule has 1 fully saturated rings. The molecule has 0 atom stereocenters. The highest BCUT2D eigenvalue weighted by Crippen LogP contribution is 2.26. The van der Waals surface area contributed by atoms with Crippen LogP contribution in [-0.4, -0.2) is 18.1 Å². The second-order valence-corrected chi connectivity index (χ2v) is 6.79. The van der Waals surface area contributed by atoms with Gasteiger partial charge >= 0.3 is 0 Å². The lowest BCUT2D eigenvalue weighted by Crippen LogP contribution is -2.30. The minimum absolute atomic E-state index is 0. The van der Waals surface area contributed by atoms with E-state index >= 15 is 0 Å². The van der Waals surface area contributed by atoms with Crippen LogP contribution in [0.2, 0.25) is 0 Å². The molecule has 0 radical (unpaired) electrons. The van der Waals surface area contributed by atoms with E-state index in [0.29, 0.717) is 0 Å². The minimum Gasteiger partial charge on any atom is -0.371 e. The van der Waals surface area contributed by atoms with E-state index in [0.717, 1.165) is 18.8 Å². The van der Waals surface area contributed by atoms with Gasteiger partial charge in [-0.1, -0.05) is 48.5 Å². The molecule has 3 heteroatoms. The highest BCUT2D eigenvalue weighted by molar-refractivity contribution is 5.92. The van der Waals surface area contributed by atoms with Crippen molar-refractivity contribution in [2.45, 2.75) is 26.2 Å². The van der Waals surface area contributed by atoms with Crippen molar-refractivity contribution < 1.29 is 0 Å². The molecular weight excluding hydrogens is 340 g/mol. The Kier molecular flexibility index (Phi) is 5.95. The SMILES string of the molecule is Cc1c(N2CCCCC2)ccnc1C=Cc1cccc2ccccc12.Cl. The van der Waals surface area contributed by atoms with Crippen LogP contribution in [0, 0.1) is 6.92 Å². The number of benzene rings is 2. The van der Waals surface area contributed by atoms with Gasteiger partial charge in [0.2, 0.25) is 0 Å². The molecule has 1 aromatic heterocycles. The van der Waals surface area contributed by atoms with E-state index in [1.807, 2.05) is 6.20 Å². The third kappa shape index (κ3) is 3.76. The minimum atomic E-state index is 0. The first-order valence-corrected chi connectivity index (χ1v) is 9.19. The Hall–Kier alpha value is -2.32. The molecule has 3 aromatic rings. The number of halogens is 1. The molecule has 26 heavy (non-hydrogen) atoms. The number of nitrogens with zero attached hydrogens (tertiary/aromatic N) is 2. The van der Waals surface area contributed by atoms with Gasteiger partial charge in [-0.05, 0) is 60.2 Å². The van der Waals surface area contributed by atoms with E-state index in [9.17, 15) is 0 Å². The van der Waals surface area contributed by atoms with Crippen LogP contribution in [0.25, 0.3) is 22.9 Å². The summed E-state index contributed by atoms with van der Waals surface area (Å²) in [5.74, 6) is 0. The van der Waals surface area contributed by atoms with Gasteiger partial charge in [0.15, 0.2) is 0 Å². The normalized spacial score (nSPS) is 14.6. The number of piperidine rings is 1. The maximum atomic E-state index is 4.62. The molecule has 4 rings (SSSR count). The summed E-state index contributed by atoms with van der Waals surface area (Å²) < 4.78 is 0. The second kappa shape index (κ2) is 8.37. The third-order valence-corrected chi connectivity index (χ3v) is 5.16. The largest absolute Gasteiger partial charge is 0.371 e. The lowest BCUT2D eigenvalue weighted by atomic mass is 10.0. The van der Waals surface area contributed by atoms with Gasteiger partial charge in [0.05, 0.1) is 5.69 Å². The first kappa shape index (κ1) is 18.5. The Morgan fingerprint density at radius 2 is 1.65 bits per heavy atom. The van der Waals surface area contributed by atoms with Crippen LogP contribution in [0.3, 0.4) is 0 Å². The van der Waals surface area contributed by atoms with Crippen LogP contribution < -0.4 is 4.90 Å². The summed E-state index contributed by atoms with van der Waals surface area (Å²) >= 11 is 0. The molecule has 134 valence electrons. The molecule has 0 N–H and O–H groups in total. The molecule has 2 aromatic carbocycles. The molecule has 0 spiro atoms. The zero-order valence-corrected chi connectivity index (χ0v) is 16.0. The van der Waals surface area contributed by atoms with Crippen molar-refractivity contribution in [3.8, 4) is 0 Å². The third-order valence-electron chi connectivity index (χ3n) is 5.16. The zero-order valence-electron chi connectivity index (χ0n) is 15.2. The highest BCUT2D eigenvalue weighted by atomic mass is 35.5. The summed E-state index contributed by atoms with van der Waals surface area (Å²) in [7, 11) is 0. The Labute approximate surface area is 162 Å². The highest BCUT2D eigenvalue weighted by Gasteiger charge is 2.14. The Bertz CT molecular complexity index is 906. The molecule has 0 amide bonds. The molecule has 2 heterocycles. The van der Waals surface area contributed by atoms with Crippen molar-refractivity contribution in [1.82, 2.24) is 4.98 Å². The van der Waals surface area contributed by atoms with Gasteiger partial charge in [-0.2, -0.15) is 0 Å². The first-order valence-electron chi connectivity index (χ1n) is 9.19. The van der Waals surface area contributed by atoms with Crippen molar-refractivity contribution in [2.75, 3.05) is 18.0 Å². The fourth-order valence-electron chi connectivity index (χ4n) is 3.75. The molecule has 1 aliphatic heterocycles. The number of aromatic nitrogens is 1. The van der Waals surface area contributed by atoms with Crippen molar-refractivity contribution in [1.29, 1.82) is 0 Å². The summed E-state index contributed by atoms with van der Waals surface area (Å²) in [6, 6.07) is 17.1. The Balaban J connectivity index is 0.00000196. The second-order valence-electron chi connectivity index (χ2n) is 6.79. The standard InChI is InChI=1S/C23H24N2.ClH/c1-18-22(24-15-14-23(18)25-16-5-2-6-17-25)13-12-20-10-7-9-19-8-3-4-11-21(19)20;/h3-4,7-15H,2,5-6,16-17H2,1H3;1H. The van der Waals surface area contributed by atoms with Gasteiger partial charge < -0.3 is 4.90 Å². The van der Waals surface area contributed by atoms with E-state index in [1.54, 1.807) is 0 Å². The van der Waals surface area contributed by atoms with Gasteiger partial charge in [-0.25, -0.2) is 0 Å². The van der Waals surface area contributed by atoms with E-state index in [-0.39, 0.29) is 12.4 Å². The van der Waals surface area contributed by atoms with Crippen molar-refractivity contribution in [3.63, 3.8) is 0 Å². The average molecular weight is 365 g/mol. The van der Waals surface area contributed by atoms with Crippen molar-refractivity contribution in [3.05, 3.63) is 71.5 Å². The van der Waals surface area contributed by atoms with Crippen LogP contribution in [0.5, 0.6) is 0 Å². The zero-order chi connectivity index (χ0) is 17.1. The predicted molar refractivity (Wildman–Crippen MR) is 115 cm³/mol. The molecule has 0 aliphatic carbocycles. The molecule has 0 unspecified atom stereocenters. The quantitative estimate of drug-likeness (QED) is 0.556. The summed E-state index contributed by atoms with van der Waals surface area (Å²) in [6.07, 6.45) is 10.2. The molecule has 1 aliphatic rings. The number of anilines is 1. The Morgan fingerprint density at radius 3 is 2.50 bits per heavy atom. The molecule has 0 saturated carbocycles. The summed E-state index contributed by atoms with van der Waals surface area (Å²) in [5, 5.41) is 2.56. The lowest BCUT2D eigenvalue weighted by molar-refractivity contribution is 0.577. The van der Waals surface area contributed by atoms with Crippen molar-refractivity contribution in [2.24, 2.45) is 0 Å². The van der Waals surface area contributed by atoms with Crippen LogP contribution in [0.1, 0.15) is 36.1 Å². The van der Waals surface area contributed by atoms with E-state index < -0.39 is 0 Å². The van der Waals surface area contributed by atoms with Crippen molar-refractivity contribution >= 4 is 41.0 Å². The fraction of sp³-hybridized carbons (Fsp3) is 0.261. The van der Waals surface area contributed by atoms with Crippen LogP contribution in [0.4, 0.5) is 5.69 Å². The number of rotatable bonds is 3. The number of hydrogen-bond acceptors (Lipinski definition) is 2. The summed E-state index contributed by atoms with van der Waals surface area (Å²) in [6.45, 7) is 4.52. The molecule has 2 nitrogen and oxygen atoms in total. The van der Waals surface area contributed by atoms with Gasteiger partial charge in [0.1, 0.15) is 0 Å². The smallest absolute Gasteiger partial charge is 0.0679 e. The lowest BCUT2D eigenvalue weighted by Gasteiger charge is -2.30. The number of hydrogen-bond donors (Lipinski definition) is 0. The Morgan fingerprint density at radius 1 is 0.885 bits per heavy atom. The summed E-state index contributed by atoms with van der Waals surface area (Å²) in [4.78, 5) is 7.13. The first-order chi connectivity index (χ1) is 12.3. The maximum absolute atomic E-state index is 4.62.